The molecule has 156 valence electrons. The van der Waals surface area contributed by atoms with Gasteiger partial charge in [0.25, 0.3) is 0 Å². The van der Waals surface area contributed by atoms with E-state index < -0.39 is 11.9 Å². The van der Waals surface area contributed by atoms with Crippen LogP contribution in [-0.2, 0) is 9.59 Å². The monoisotopic (exact) mass is 488 g/mol. The van der Waals surface area contributed by atoms with Crippen LogP contribution in [0.1, 0.15) is 92.9 Å². The third-order valence-electron chi connectivity index (χ3n) is 5.13. The number of hydrogen-bond acceptors (Lipinski definition) is 4. The van der Waals surface area contributed by atoms with Crippen LogP contribution in [0.4, 0.5) is 0 Å². The van der Waals surface area contributed by atoms with Gasteiger partial charge >= 0.3 is 121 Å². The summed E-state index contributed by atoms with van der Waals surface area (Å²) in [5, 5.41) is 20.0. The van der Waals surface area contributed by atoms with Gasteiger partial charge in [-0.25, -0.2) is 0 Å². The Hall–Kier alpha value is -0.521. The minimum atomic E-state index is -1.48. The van der Waals surface area contributed by atoms with Crippen LogP contribution < -0.4 is 10.2 Å². The summed E-state index contributed by atoms with van der Waals surface area (Å²) in [6, 6.07) is 0. The van der Waals surface area contributed by atoms with Crippen LogP contribution >= 0.6 is 0 Å². The molecule has 0 spiro atoms. The predicted molar refractivity (Wildman–Crippen MR) is 110 cm³/mol. The molecule has 0 aromatic heterocycles. The molecule has 0 fully saturated rings. The average molecular weight is 487 g/mol. The van der Waals surface area contributed by atoms with Crippen molar-refractivity contribution in [2.24, 2.45) is 11.8 Å². The van der Waals surface area contributed by atoms with Crippen molar-refractivity contribution in [2.75, 3.05) is 0 Å². The summed E-state index contributed by atoms with van der Waals surface area (Å²) in [6.07, 6.45) is 11.6. The molecule has 0 rings (SSSR count). The Labute approximate surface area is 177 Å². The number of rotatable bonds is 14. The predicted octanol–water partition coefficient (Wildman–Crippen LogP) is 3.78. The average Bonchev–Trinajstić information content (AvgIpc) is 2.65. The molecular weight excluding hydrogens is 447 g/mol. The van der Waals surface area contributed by atoms with Gasteiger partial charge in [-0.2, -0.15) is 0 Å². The Morgan fingerprint density at radius 1 is 0.741 bits per heavy atom. The molecule has 0 aromatic rings. The maximum atomic E-state index is 9.99. The molecule has 0 N–H and O–H groups in total. The summed E-state index contributed by atoms with van der Waals surface area (Å²) in [5.74, 6) is -0.793. The Kier molecular flexibility index (Phi) is 20.0. The normalized spacial score (nSPS) is 13.6. The van der Waals surface area contributed by atoms with E-state index in [0.29, 0.717) is 0 Å². The maximum absolute atomic E-state index is 9.99. The number of carbonyl (C=O) groups excluding carboxylic acids is 2. The fourth-order valence-corrected chi connectivity index (χ4v) is 8.30. The van der Waals surface area contributed by atoms with Gasteiger partial charge in [0.1, 0.15) is 0 Å². The van der Waals surface area contributed by atoms with Crippen molar-refractivity contribution in [2.45, 2.75) is 102 Å². The molecule has 5 heteroatoms. The molecule has 0 aromatic carbocycles. The van der Waals surface area contributed by atoms with Gasteiger partial charge in [0.15, 0.2) is 0 Å². The molecule has 0 saturated carbocycles. The molecule has 0 amide bonds. The van der Waals surface area contributed by atoms with Gasteiger partial charge in [-0.05, 0) is 25.0 Å². The third kappa shape index (κ3) is 16.2. The minimum absolute atomic E-state index is 0.0388. The quantitative estimate of drug-likeness (QED) is 0.276. The van der Waals surface area contributed by atoms with E-state index in [2.05, 4.69) is 27.7 Å². The molecule has 0 aliphatic carbocycles. The van der Waals surface area contributed by atoms with Gasteiger partial charge in [0.05, 0.1) is 11.9 Å². The molecule has 0 heterocycles. The van der Waals surface area contributed by atoms with E-state index in [1.165, 1.54) is 51.4 Å². The van der Waals surface area contributed by atoms with Crippen LogP contribution in [0.3, 0.4) is 0 Å². The standard InChI is InChI=1S/2C8H17.C6H8O4.Sn/c2*1-4-6-7-8(3)5-2;1-3(5(7)8)4(2)6(9)10;/h2*8H,3-7H2,1-2H3;1-2H3,(H,7,8)(H,9,10);/q;;;+2/p-2/b;;4-3-;. The molecule has 2 atom stereocenters. The molecule has 2 unspecified atom stereocenters. The van der Waals surface area contributed by atoms with E-state index in [4.69, 9.17) is 0 Å². The number of carboxylic acid groups (broad SMARTS) is 2. The van der Waals surface area contributed by atoms with Crippen LogP contribution in [0.15, 0.2) is 11.1 Å². The Bertz CT molecular complexity index is 394. The van der Waals surface area contributed by atoms with E-state index in [1.54, 1.807) is 8.87 Å². The number of carbonyl (C=O) groups is 2. The third-order valence-corrected chi connectivity index (χ3v) is 10.1. The van der Waals surface area contributed by atoms with Gasteiger partial charge in [0.2, 0.25) is 0 Å². The van der Waals surface area contributed by atoms with Crippen molar-refractivity contribution in [1.82, 2.24) is 0 Å². The van der Waals surface area contributed by atoms with Crippen molar-refractivity contribution < 1.29 is 19.8 Å². The van der Waals surface area contributed by atoms with Crippen LogP contribution in [0, 0.1) is 11.8 Å². The molecule has 0 aliphatic rings. The summed E-state index contributed by atoms with van der Waals surface area (Å²) in [4.78, 5) is 20.0. The van der Waals surface area contributed by atoms with Gasteiger partial charge < -0.3 is 19.8 Å². The van der Waals surface area contributed by atoms with E-state index in [1.807, 2.05) is 0 Å². The Morgan fingerprint density at radius 3 is 1.30 bits per heavy atom. The van der Waals surface area contributed by atoms with Gasteiger partial charge in [0, 0.05) is 0 Å². The molecule has 4 nitrogen and oxygen atoms in total. The molecule has 0 radical (unpaired) electrons. The summed E-state index contributed by atoms with van der Waals surface area (Å²) < 4.78 is 3.31. The van der Waals surface area contributed by atoms with Gasteiger partial charge in [-0.1, -0.05) is 0 Å². The van der Waals surface area contributed by atoms with Gasteiger partial charge in [-0.3, -0.25) is 0 Å². The zero-order chi connectivity index (χ0) is 21.2. The first-order valence-electron chi connectivity index (χ1n) is 10.6. The van der Waals surface area contributed by atoms with Crippen LogP contribution in [0.2, 0.25) is 8.87 Å². The Morgan fingerprint density at radius 2 is 1.07 bits per heavy atom. The molecule has 0 bridgehead atoms. The first kappa shape index (κ1) is 28.7. The summed E-state index contributed by atoms with van der Waals surface area (Å²) in [5.41, 5.74) is -0.611. The fraction of sp³-hybridized carbons (Fsp3) is 0.818. The van der Waals surface area contributed by atoms with Crippen molar-refractivity contribution in [1.29, 1.82) is 0 Å². The van der Waals surface area contributed by atoms with Crippen LogP contribution in [-0.4, -0.2) is 33.1 Å². The van der Waals surface area contributed by atoms with Crippen LogP contribution in [0.5, 0.6) is 0 Å². The number of aliphatic carboxylic acids is 2. The second kappa shape index (κ2) is 18.8. The first-order valence-corrected chi connectivity index (χ1v) is 14.6. The van der Waals surface area contributed by atoms with Crippen molar-refractivity contribution in [3.05, 3.63) is 11.1 Å². The number of hydrogen-bond donors (Lipinski definition) is 0. The van der Waals surface area contributed by atoms with E-state index in [0.717, 1.165) is 25.7 Å². The molecule has 0 saturated heterocycles. The van der Waals surface area contributed by atoms with Gasteiger partial charge in [-0.15, -0.1) is 0 Å². The summed E-state index contributed by atoms with van der Waals surface area (Å²) in [6.45, 7) is 11.7. The second-order valence-corrected chi connectivity index (χ2v) is 11.1. The summed E-state index contributed by atoms with van der Waals surface area (Å²) in [7, 11) is 0. The fourth-order valence-electron chi connectivity index (χ4n) is 2.68. The topological polar surface area (TPSA) is 80.3 Å². The van der Waals surface area contributed by atoms with E-state index in [-0.39, 0.29) is 32.3 Å². The molecule has 0 aliphatic heterocycles. The second-order valence-electron chi connectivity index (χ2n) is 7.32. The van der Waals surface area contributed by atoms with Crippen molar-refractivity contribution in [3.8, 4) is 0 Å². The van der Waals surface area contributed by atoms with E-state index >= 15 is 0 Å². The first-order chi connectivity index (χ1) is 12.7. The molecule has 27 heavy (non-hydrogen) atoms. The van der Waals surface area contributed by atoms with E-state index in [9.17, 15) is 19.8 Å². The Balaban J connectivity index is 0. The molecular formula is C22H40O4Sn. The van der Waals surface area contributed by atoms with Crippen molar-refractivity contribution in [3.63, 3.8) is 0 Å². The number of unbranched alkanes of at least 4 members (excludes halogenated alkanes) is 2. The zero-order valence-corrected chi connectivity index (χ0v) is 21.2. The van der Waals surface area contributed by atoms with Crippen LogP contribution in [0.25, 0.3) is 0 Å². The van der Waals surface area contributed by atoms with Crippen molar-refractivity contribution >= 4 is 33.1 Å². The SMILES string of the molecule is C/C(C(=O)[O-])=C(\C)C(=O)[O-].CCCCC(CC)[CH2][Sn+2][CH2]C(CC)CCCC. The number of carboxylic acids is 2. The summed E-state index contributed by atoms with van der Waals surface area (Å²) >= 11 is -0.0388. The zero-order valence-electron chi connectivity index (χ0n) is 18.4.